The summed E-state index contributed by atoms with van der Waals surface area (Å²) < 4.78 is 0. The molecule has 1 unspecified atom stereocenters. The summed E-state index contributed by atoms with van der Waals surface area (Å²) in [5.41, 5.74) is 3.69. The molecule has 1 aliphatic heterocycles. The first-order valence-electron chi connectivity index (χ1n) is 7.61. The summed E-state index contributed by atoms with van der Waals surface area (Å²) in [6.45, 7) is 2.15. The van der Waals surface area contributed by atoms with Crippen LogP contribution in [-0.2, 0) is 4.84 Å². The molecule has 1 fully saturated rings. The van der Waals surface area contributed by atoms with Crippen molar-refractivity contribution in [3.63, 3.8) is 0 Å². The van der Waals surface area contributed by atoms with Gasteiger partial charge in [-0.15, -0.1) is 0 Å². The van der Waals surface area contributed by atoms with Crippen LogP contribution in [0.4, 0.5) is 0 Å². The molecule has 0 spiro atoms. The minimum absolute atomic E-state index is 0.317. The van der Waals surface area contributed by atoms with Crippen molar-refractivity contribution in [2.24, 2.45) is 11.1 Å². The number of hydrogen-bond acceptors (Lipinski definition) is 2. The van der Waals surface area contributed by atoms with Crippen LogP contribution in [0.5, 0.6) is 0 Å². The minimum atomic E-state index is 0.317. The fourth-order valence-corrected chi connectivity index (χ4v) is 3.41. The third kappa shape index (κ3) is 2.99. The van der Waals surface area contributed by atoms with E-state index in [1.807, 2.05) is 0 Å². The first kappa shape index (κ1) is 12.7. The van der Waals surface area contributed by atoms with Gasteiger partial charge in [0.2, 0.25) is 0 Å². The van der Waals surface area contributed by atoms with Crippen LogP contribution in [0.3, 0.4) is 0 Å². The molecule has 2 aliphatic rings. The molecule has 0 bridgehead atoms. The SMILES string of the molecule is Cc1ccccc1C1=NOC(CC2CCCCC2)C1. The highest BCUT2D eigenvalue weighted by atomic mass is 16.6. The molecule has 0 radical (unpaired) electrons. The molecule has 2 nitrogen and oxygen atoms in total. The lowest BCUT2D eigenvalue weighted by atomic mass is 9.84. The van der Waals surface area contributed by atoms with Crippen LogP contribution < -0.4 is 0 Å². The maximum absolute atomic E-state index is 5.67. The van der Waals surface area contributed by atoms with E-state index in [9.17, 15) is 0 Å². The average Bonchev–Trinajstić information content (AvgIpc) is 2.89. The van der Waals surface area contributed by atoms with Crippen molar-refractivity contribution in [1.29, 1.82) is 0 Å². The van der Waals surface area contributed by atoms with Crippen LogP contribution in [0, 0.1) is 12.8 Å². The summed E-state index contributed by atoms with van der Waals surface area (Å²) in [5.74, 6) is 0.866. The van der Waals surface area contributed by atoms with Gasteiger partial charge in [0.05, 0.1) is 5.71 Å². The lowest BCUT2D eigenvalue weighted by Gasteiger charge is -2.23. The Kier molecular flexibility index (Phi) is 3.86. The van der Waals surface area contributed by atoms with Gasteiger partial charge in [-0.25, -0.2) is 0 Å². The molecule has 1 saturated carbocycles. The molecule has 1 aliphatic carbocycles. The zero-order valence-corrected chi connectivity index (χ0v) is 11.8. The number of aryl methyl sites for hydroxylation is 1. The Morgan fingerprint density at radius 1 is 1.16 bits per heavy atom. The molecule has 0 N–H and O–H groups in total. The highest BCUT2D eigenvalue weighted by molar-refractivity contribution is 6.02. The van der Waals surface area contributed by atoms with E-state index in [1.54, 1.807) is 0 Å². The summed E-state index contributed by atoms with van der Waals surface area (Å²) >= 11 is 0. The Morgan fingerprint density at radius 2 is 1.95 bits per heavy atom. The van der Waals surface area contributed by atoms with Gasteiger partial charge in [0.15, 0.2) is 0 Å². The number of hydrogen-bond donors (Lipinski definition) is 0. The Balaban J connectivity index is 1.59. The molecule has 2 heteroatoms. The Morgan fingerprint density at radius 3 is 2.74 bits per heavy atom. The van der Waals surface area contributed by atoms with Gasteiger partial charge >= 0.3 is 0 Å². The summed E-state index contributed by atoms with van der Waals surface area (Å²) in [6.07, 6.45) is 9.51. The van der Waals surface area contributed by atoms with Crippen molar-refractivity contribution < 1.29 is 4.84 Å². The van der Waals surface area contributed by atoms with E-state index >= 15 is 0 Å². The van der Waals surface area contributed by atoms with Crippen LogP contribution in [0.15, 0.2) is 29.4 Å². The summed E-state index contributed by atoms with van der Waals surface area (Å²) in [7, 11) is 0. The molecule has 19 heavy (non-hydrogen) atoms. The van der Waals surface area contributed by atoms with Crippen LogP contribution in [0.1, 0.15) is 56.1 Å². The quantitative estimate of drug-likeness (QED) is 0.783. The fraction of sp³-hybridized carbons (Fsp3) is 0.588. The van der Waals surface area contributed by atoms with Gasteiger partial charge in [-0.2, -0.15) is 0 Å². The second-order valence-corrected chi connectivity index (χ2v) is 6.02. The topological polar surface area (TPSA) is 21.6 Å². The molecule has 0 aromatic heterocycles. The predicted octanol–water partition coefficient (Wildman–Crippen LogP) is 4.46. The van der Waals surface area contributed by atoms with E-state index in [0.29, 0.717) is 6.10 Å². The average molecular weight is 257 g/mol. The number of benzene rings is 1. The molecule has 0 saturated heterocycles. The van der Waals surface area contributed by atoms with Gasteiger partial charge in [-0.05, 0) is 24.8 Å². The molecule has 3 rings (SSSR count). The van der Waals surface area contributed by atoms with Crippen molar-refractivity contribution >= 4 is 5.71 Å². The van der Waals surface area contributed by atoms with E-state index in [0.717, 1.165) is 18.1 Å². The van der Waals surface area contributed by atoms with E-state index in [-0.39, 0.29) is 0 Å². The molecular formula is C17H23NO. The normalized spacial score (nSPS) is 24.1. The molecule has 0 amide bonds. The van der Waals surface area contributed by atoms with Crippen molar-refractivity contribution in [2.75, 3.05) is 0 Å². The Hall–Kier alpha value is -1.31. The van der Waals surface area contributed by atoms with Crippen molar-refractivity contribution in [3.05, 3.63) is 35.4 Å². The van der Waals surface area contributed by atoms with Crippen molar-refractivity contribution in [2.45, 2.75) is 58.0 Å². The van der Waals surface area contributed by atoms with Crippen LogP contribution in [-0.4, -0.2) is 11.8 Å². The maximum Gasteiger partial charge on any atom is 0.133 e. The van der Waals surface area contributed by atoms with Gasteiger partial charge in [0.25, 0.3) is 0 Å². The highest BCUT2D eigenvalue weighted by Gasteiger charge is 2.26. The minimum Gasteiger partial charge on any atom is -0.392 e. The van der Waals surface area contributed by atoms with Crippen LogP contribution in [0.2, 0.25) is 0 Å². The molecule has 102 valence electrons. The standard InChI is InChI=1S/C17H23NO/c1-13-7-5-6-10-16(13)17-12-15(19-18-17)11-14-8-3-2-4-9-14/h5-7,10,14-15H,2-4,8-9,11-12H2,1H3. The second kappa shape index (κ2) is 5.77. The molecule has 1 heterocycles. The molecule has 1 atom stereocenters. The molecule has 1 aromatic rings. The van der Waals surface area contributed by atoms with Crippen molar-refractivity contribution in [3.8, 4) is 0 Å². The fourth-order valence-electron chi connectivity index (χ4n) is 3.41. The third-order valence-corrected chi connectivity index (χ3v) is 4.51. The number of rotatable bonds is 3. The lowest BCUT2D eigenvalue weighted by molar-refractivity contribution is 0.0606. The summed E-state index contributed by atoms with van der Waals surface area (Å²) in [5, 5.41) is 4.33. The van der Waals surface area contributed by atoms with E-state index in [4.69, 9.17) is 4.84 Å². The Labute approximate surface area is 115 Å². The van der Waals surface area contributed by atoms with E-state index < -0.39 is 0 Å². The zero-order valence-electron chi connectivity index (χ0n) is 11.8. The maximum atomic E-state index is 5.67. The van der Waals surface area contributed by atoms with Crippen LogP contribution >= 0.6 is 0 Å². The Bertz CT molecular complexity index is 460. The monoisotopic (exact) mass is 257 g/mol. The van der Waals surface area contributed by atoms with E-state index in [2.05, 4.69) is 36.3 Å². The first-order valence-corrected chi connectivity index (χ1v) is 7.61. The van der Waals surface area contributed by atoms with Gasteiger partial charge in [-0.1, -0.05) is 61.5 Å². The number of oxime groups is 1. The smallest absolute Gasteiger partial charge is 0.133 e. The van der Waals surface area contributed by atoms with Crippen molar-refractivity contribution in [1.82, 2.24) is 0 Å². The van der Waals surface area contributed by atoms with Gasteiger partial charge in [-0.3, -0.25) is 0 Å². The summed E-state index contributed by atoms with van der Waals surface area (Å²) in [6, 6.07) is 8.46. The van der Waals surface area contributed by atoms with Gasteiger partial charge in [0, 0.05) is 12.0 Å². The first-order chi connectivity index (χ1) is 9.33. The summed E-state index contributed by atoms with van der Waals surface area (Å²) in [4.78, 5) is 5.67. The number of nitrogens with zero attached hydrogens (tertiary/aromatic N) is 1. The zero-order chi connectivity index (χ0) is 13.1. The van der Waals surface area contributed by atoms with Gasteiger partial charge in [0.1, 0.15) is 6.10 Å². The lowest BCUT2D eigenvalue weighted by Crippen LogP contribution is -2.17. The largest absolute Gasteiger partial charge is 0.392 e. The highest BCUT2D eigenvalue weighted by Crippen LogP contribution is 2.31. The second-order valence-electron chi connectivity index (χ2n) is 6.02. The van der Waals surface area contributed by atoms with Gasteiger partial charge < -0.3 is 4.84 Å². The van der Waals surface area contributed by atoms with Crippen LogP contribution in [0.25, 0.3) is 0 Å². The van der Waals surface area contributed by atoms with E-state index in [1.165, 1.54) is 49.7 Å². The molecular weight excluding hydrogens is 234 g/mol. The third-order valence-electron chi connectivity index (χ3n) is 4.51. The predicted molar refractivity (Wildman–Crippen MR) is 78.4 cm³/mol. The molecule has 1 aromatic carbocycles.